The lowest BCUT2D eigenvalue weighted by molar-refractivity contribution is -0.122. The molecule has 0 unspecified atom stereocenters. The van der Waals surface area contributed by atoms with E-state index in [1.165, 1.54) is 4.68 Å². The molecule has 0 saturated heterocycles. The van der Waals surface area contributed by atoms with Crippen LogP contribution in [-0.2, 0) is 11.3 Å². The van der Waals surface area contributed by atoms with Crippen molar-refractivity contribution < 1.29 is 4.79 Å². The maximum atomic E-state index is 12.6. The normalized spacial score (nSPS) is 12.5. The number of nitrogens with one attached hydrogen (secondary N) is 2. The van der Waals surface area contributed by atoms with Crippen molar-refractivity contribution in [3.05, 3.63) is 64.7 Å². The van der Waals surface area contributed by atoms with Crippen molar-refractivity contribution in [3.63, 3.8) is 0 Å². The second-order valence-corrected chi connectivity index (χ2v) is 8.83. The van der Waals surface area contributed by atoms with Gasteiger partial charge in [0.2, 0.25) is 5.91 Å². The van der Waals surface area contributed by atoms with Gasteiger partial charge >= 0.3 is 0 Å². The summed E-state index contributed by atoms with van der Waals surface area (Å²) in [5, 5.41) is 11.9. The third kappa shape index (κ3) is 5.63. The largest absolute Gasteiger partial charge is 0.346 e. The minimum absolute atomic E-state index is 0.0174. The summed E-state index contributed by atoms with van der Waals surface area (Å²) in [6, 6.07) is 15.0. The number of hydrogen-bond acceptors (Lipinski definition) is 5. The molecule has 0 bridgehead atoms. The summed E-state index contributed by atoms with van der Waals surface area (Å²) in [6.45, 7) is 4.77. The molecular weight excluding hydrogens is 416 g/mol. The van der Waals surface area contributed by atoms with Crippen LogP contribution in [0.25, 0.3) is 21.9 Å². The van der Waals surface area contributed by atoms with Crippen LogP contribution in [0.1, 0.15) is 57.8 Å². The summed E-state index contributed by atoms with van der Waals surface area (Å²) in [4.78, 5) is 33.1. The van der Waals surface area contributed by atoms with Crippen molar-refractivity contribution in [1.82, 2.24) is 30.3 Å². The Kier molecular flexibility index (Phi) is 7.12. The molecule has 0 saturated carbocycles. The molecular formula is C25H30N6O2. The van der Waals surface area contributed by atoms with E-state index in [2.05, 4.69) is 39.4 Å². The number of nitrogens with zero attached hydrogens (tertiary/aromatic N) is 4. The Morgan fingerprint density at radius 2 is 1.79 bits per heavy atom. The summed E-state index contributed by atoms with van der Waals surface area (Å²) in [7, 11) is 0. The first-order valence-corrected chi connectivity index (χ1v) is 11.6. The molecule has 0 fully saturated rings. The lowest BCUT2D eigenvalue weighted by Gasteiger charge is -2.18. The minimum atomic E-state index is -0.142. The molecule has 0 aliphatic heterocycles. The van der Waals surface area contributed by atoms with Gasteiger partial charge in [-0.05, 0) is 49.4 Å². The van der Waals surface area contributed by atoms with E-state index in [9.17, 15) is 9.59 Å². The molecule has 0 aliphatic rings. The zero-order valence-electron chi connectivity index (χ0n) is 19.1. The Hall–Kier alpha value is -3.55. The van der Waals surface area contributed by atoms with Gasteiger partial charge in [0.15, 0.2) is 0 Å². The fraction of sp³-hybridized carbons (Fsp3) is 0.400. The summed E-state index contributed by atoms with van der Waals surface area (Å²) < 4.78 is 1.41. The van der Waals surface area contributed by atoms with E-state index < -0.39 is 0 Å². The average molecular weight is 447 g/mol. The number of rotatable bonds is 10. The van der Waals surface area contributed by atoms with Gasteiger partial charge in [0.25, 0.3) is 5.56 Å². The van der Waals surface area contributed by atoms with E-state index in [1.807, 2.05) is 36.4 Å². The highest BCUT2D eigenvalue weighted by Gasteiger charge is 2.19. The molecule has 172 valence electrons. The Balaban J connectivity index is 1.28. The van der Waals surface area contributed by atoms with Crippen molar-refractivity contribution >= 4 is 27.8 Å². The number of fused-ring (bicyclic) bond motifs is 2. The van der Waals surface area contributed by atoms with Gasteiger partial charge in [0.05, 0.1) is 22.5 Å². The van der Waals surface area contributed by atoms with Crippen LogP contribution in [0, 0.1) is 5.92 Å². The van der Waals surface area contributed by atoms with Crippen LogP contribution >= 0.6 is 0 Å². The summed E-state index contributed by atoms with van der Waals surface area (Å²) in [6.07, 6.45) is 3.59. The summed E-state index contributed by atoms with van der Waals surface area (Å²) in [5.41, 5.74) is 2.36. The molecule has 1 amide bonds. The Labute approximate surface area is 192 Å². The van der Waals surface area contributed by atoms with Gasteiger partial charge in [-0.2, -0.15) is 0 Å². The number of aromatic nitrogens is 5. The number of carbonyl (C=O) groups excluding carboxylic acids is 1. The highest BCUT2D eigenvalue weighted by Crippen LogP contribution is 2.22. The van der Waals surface area contributed by atoms with Gasteiger partial charge in [-0.15, -0.1) is 5.10 Å². The van der Waals surface area contributed by atoms with Crippen molar-refractivity contribution in [2.75, 3.05) is 0 Å². The summed E-state index contributed by atoms with van der Waals surface area (Å²) in [5.74, 6) is 1.24. The Morgan fingerprint density at radius 3 is 2.58 bits per heavy atom. The maximum Gasteiger partial charge on any atom is 0.277 e. The number of hydrogen-bond donors (Lipinski definition) is 2. The van der Waals surface area contributed by atoms with Gasteiger partial charge in [0, 0.05) is 13.0 Å². The number of amides is 1. The number of aryl methyl sites for hydroxylation is 1. The van der Waals surface area contributed by atoms with Crippen molar-refractivity contribution in [3.8, 4) is 0 Å². The first kappa shape index (κ1) is 22.6. The van der Waals surface area contributed by atoms with Gasteiger partial charge in [-0.3, -0.25) is 9.59 Å². The van der Waals surface area contributed by atoms with Gasteiger partial charge in [-0.1, -0.05) is 49.7 Å². The van der Waals surface area contributed by atoms with Crippen molar-refractivity contribution in [2.24, 2.45) is 5.92 Å². The van der Waals surface area contributed by atoms with E-state index in [0.29, 0.717) is 29.8 Å². The zero-order chi connectivity index (χ0) is 23.2. The topological polar surface area (TPSA) is 106 Å². The fourth-order valence-corrected chi connectivity index (χ4v) is 4.01. The van der Waals surface area contributed by atoms with E-state index in [0.717, 1.165) is 42.5 Å². The smallest absolute Gasteiger partial charge is 0.277 e. The van der Waals surface area contributed by atoms with Crippen LogP contribution < -0.4 is 10.9 Å². The Morgan fingerprint density at radius 1 is 1.03 bits per heavy atom. The van der Waals surface area contributed by atoms with Crippen LogP contribution in [0.3, 0.4) is 0 Å². The molecule has 1 atom stereocenters. The lowest BCUT2D eigenvalue weighted by atomic mass is 10.0. The number of unbranched alkanes of at least 4 members (excludes halogenated alkanes) is 2. The molecule has 0 radical (unpaired) electrons. The molecule has 2 heterocycles. The zero-order valence-corrected chi connectivity index (χ0v) is 19.1. The van der Waals surface area contributed by atoms with Crippen LogP contribution in [0.15, 0.2) is 53.3 Å². The molecule has 8 nitrogen and oxygen atoms in total. The van der Waals surface area contributed by atoms with E-state index in [1.54, 1.807) is 12.1 Å². The third-order valence-electron chi connectivity index (χ3n) is 5.68. The molecule has 0 aliphatic carbocycles. The van der Waals surface area contributed by atoms with Crippen LogP contribution in [0.2, 0.25) is 0 Å². The predicted octanol–water partition coefficient (Wildman–Crippen LogP) is 4.13. The number of benzene rings is 2. The first-order valence-electron chi connectivity index (χ1n) is 11.6. The van der Waals surface area contributed by atoms with E-state index >= 15 is 0 Å². The van der Waals surface area contributed by atoms with Crippen molar-refractivity contribution in [2.45, 2.75) is 58.5 Å². The van der Waals surface area contributed by atoms with Crippen LogP contribution in [0.5, 0.6) is 0 Å². The average Bonchev–Trinajstić information content (AvgIpc) is 3.24. The molecule has 4 rings (SSSR count). The standard InChI is InChI=1S/C25H30N6O2/c1-17(2)16-22(24-27-20-12-7-8-13-21(20)28-24)26-23(32)14-4-3-9-15-31-25(33)18-10-5-6-11-19(18)29-30-31/h5-8,10-13,17,22H,3-4,9,14-16H2,1-2H3,(H,26,32)(H,27,28)/t22-/m1/s1. The molecule has 2 aromatic carbocycles. The van der Waals surface area contributed by atoms with E-state index in [4.69, 9.17) is 0 Å². The monoisotopic (exact) mass is 446 g/mol. The quantitative estimate of drug-likeness (QED) is 0.356. The number of H-pyrrole nitrogens is 1. The SMILES string of the molecule is CC(C)C[C@@H](NC(=O)CCCCCn1nnc2ccccc2c1=O)c1nc2ccccc2[nH]1. The van der Waals surface area contributed by atoms with Crippen LogP contribution in [-0.4, -0.2) is 30.9 Å². The lowest BCUT2D eigenvalue weighted by Crippen LogP contribution is -2.30. The van der Waals surface area contributed by atoms with E-state index in [-0.39, 0.29) is 17.5 Å². The fourth-order valence-electron chi connectivity index (χ4n) is 4.01. The molecule has 0 spiro atoms. The highest BCUT2D eigenvalue weighted by molar-refractivity contribution is 5.78. The minimum Gasteiger partial charge on any atom is -0.346 e. The second kappa shape index (κ2) is 10.4. The first-order chi connectivity index (χ1) is 16.0. The molecule has 8 heteroatoms. The molecule has 33 heavy (non-hydrogen) atoms. The third-order valence-corrected chi connectivity index (χ3v) is 5.68. The highest BCUT2D eigenvalue weighted by atomic mass is 16.1. The molecule has 4 aromatic rings. The van der Waals surface area contributed by atoms with Gasteiger partial charge in [-0.25, -0.2) is 9.67 Å². The van der Waals surface area contributed by atoms with Gasteiger partial charge in [0.1, 0.15) is 11.3 Å². The number of aromatic amines is 1. The number of imidazole rings is 1. The number of para-hydroxylation sites is 2. The van der Waals surface area contributed by atoms with Crippen molar-refractivity contribution in [1.29, 1.82) is 0 Å². The summed E-state index contributed by atoms with van der Waals surface area (Å²) >= 11 is 0. The number of carbonyl (C=O) groups is 1. The maximum absolute atomic E-state index is 12.6. The Bertz CT molecular complexity index is 1260. The molecule has 2 aromatic heterocycles. The van der Waals surface area contributed by atoms with Crippen LogP contribution in [0.4, 0.5) is 0 Å². The predicted molar refractivity (Wildman–Crippen MR) is 129 cm³/mol. The van der Waals surface area contributed by atoms with Gasteiger partial charge < -0.3 is 10.3 Å². The molecule has 2 N–H and O–H groups in total. The second-order valence-electron chi connectivity index (χ2n) is 8.83.